The Morgan fingerprint density at radius 3 is 2.30 bits per heavy atom. The third kappa shape index (κ3) is 2.97. The van der Waals surface area contributed by atoms with Gasteiger partial charge in [0, 0.05) is 6.54 Å². The molecule has 3 saturated heterocycles. The van der Waals surface area contributed by atoms with Crippen LogP contribution in [0.25, 0.3) is 0 Å². The fourth-order valence-corrected chi connectivity index (χ4v) is 4.31. The second-order valence-electron chi connectivity index (χ2n) is 7.47. The SMILES string of the molecule is CCc1ccc(C(C)(C)N(C(=O)O)C2CN3CCC2CC3)cc1. The van der Waals surface area contributed by atoms with E-state index in [1.807, 2.05) is 13.8 Å². The summed E-state index contributed by atoms with van der Waals surface area (Å²) in [6, 6.07) is 8.53. The van der Waals surface area contributed by atoms with Gasteiger partial charge in [-0.15, -0.1) is 0 Å². The lowest BCUT2D eigenvalue weighted by atomic mass is 9.80. The third-order valence-corrected chi connectivity index (χ3v) is 5.83. The van der Waals surface area contributed by atoms with E-state index in [2.05, 4.69) is 36.1 Å². The number of carbonyl (C=O) groups is 1. The number of benzene rings is 1. The number of aryl methyl sites for hydroxylation is 1. The first-order chi connectivity index (χ1) is 10.9. The van der Waals surface area contributed by atoms with Gasteiger partial charge < -0.3 is 10.0 Å². The molecular formula is C19H28N2O2. The van der Waals surface area contributed by atoms with Crippen molar-refractivity contribution in [2.45, 2.75) is 51.6 Å². The molecule has 1 unspecified atom stereocenters. The van der Waals surface area contributed by atoms with Gasteiger partial charge in [-0.1, -0.05) is 31.2 Å². The van der Waals surface area contributed by atoms with Crippen LogP contribution in [0.15, 0.2) is 24.3 Å². The first-order valence-corrected chi connectivity index (χ1v) is 8.77. The van der Waals surface area contributed by atoms with Gasteiger partial charge in [0.25, 0.3) is 0 Å². The minimum atomic E-state index is -0.798. The lowest BCUT2D eigenvalue weighted by molar-refractivity contribution is -0.0289. The Hall–Kier alpha value is -1.55. The summed E-state index contributed by atoms with van der Waals surface area (Å²) in [7, 11) is 0. The number of hydrogen-bond acceptors (Lipinski definition) is 2. The Kier molecular flexibility index (Phi) is 4.37. The number of hydrogen-bond donors (Lipinski definition) is 1. The Labute approximate surface area is 139 Å². The van der Waals surface area contributed by atoms with Gasteiger partial charge in [-0.3, -0.25) is 4.90 Å². The molecule has 1 amide bonds. The Balaban J connectivity index is 1.91. The van der Waals surface area contributed by atoms with Crippen molar-refractivity contribution in [1.82, 2.24) is 9.80 Å². The molecule has 4 heteroatoms. The van der Waals surface area contributed by atoms with Crippen LogP contribution < -0.4 is 0 Å². The average molecular weight is 316 g/mol. The lowest BCUT2D eigenvalue weighted by Crippen LogP contribution is -2.62. The zero-order valence-corrected chi connectivity index (χ0v) is 14.5. The Morgan fingerprint density at radius 2 is 1.87 bits per heavy atom. The number of piperidine rings is 3. The molecule has 0 saturated carbocycles. The maximum Gasteiger partial charge on any atom is 0.408 e. The standard InChI is InChI=1S/C19H28N2O2/c1-4-14-5-7-16(8-6-14)19(2,3)21(18(22)23)17-13-20-11-9-15(17)10-12-20/h5-8,15,17H,4,9-13H2,1-3H3,(H,22,23). The van der Waals surface area contributed by atoms with Crippen molar-refractivity contribution in [2.75, 3.05) is 19.6 Å². The summed E-state index contributed by atoms with van der Waals surface area (Å²) in [5, 5.41) is 9.96. The summed E-state index contributed by atoms with van der Waals surface area (Å²) >= 11 is 0. The van der Waals surface area contributed by atoms with Crippen LogP contribution in [0.1, 0.15) is 44.7 Å². The molecule has 1 atom stereocenters. The van der Waals surface area contributed by atoms with E-state index in [1.54, 1.807) is 4.90 Å². The lowest BCUT2D eigenvalue weighted by Gasteiger charge is -2.52. The molecule has 3 fully saturated rings. The summed E-state index contributed by atoms with van der Waals surface area (Å²) in [6.45, 7) is 9.35. The molecule has 1 aromatic carbocycles. The van der Waals surface area contributed by atoms with Crippen LogP contribution in [-0.2, 0) is 12.0 Å². The molecule has 0 radical (unpaired) electrons. The number of amides is 1. The maximum atomic E-state index is 12.1. The van der Waals surface area contributed by atoms with Gasteiger partial charge in [0.2, 0.25) is 0 Å². The van der Waals surface area contributed by atoms with Crippen LogP contribution in [-0.4, -0.2) is 46.7 Å². The fraction of sp³-hybridized carbons (Fsp3) is 0.632. The Morgan fingerprint density at radius 1 is 1.26 bits per heavy atom. The largest absolute Gasteiger partial charge is 0.465 e. The van der Waals surface area contributed by atoms with E-state index in [-0.39, 0.29) is 6.04 Å². The van der Waals surface area contributed by atoms with E-state index < -0.39 is 11.6 Å². The molecule has 4 nitrogen and oxygen atoms in total. The van der Waals surface area contributed by atoms with Crippen LogP contribution in [0.5, 0.6) is 0 Å². The normalized spacial score (nSPS) is 27.0. The number of rotatable bonds is 4. The van der Waals surface area contributed by atoms with Crippen LogP contribution >= 0.6 is 0 Å². The maximum absolute atomic E-state index is 12.1. The zero-order valence-electron chi connectivity index (χ0n) is 14.5. The van der Waals surface area contributed by atoms with Gasteiger partial charge in [0.15, 0.2) is 0 Å². The minimum absolute atomic E-state index is 0.107. The number of carboxylic acid groups (broad SMARTS) is 1. The molecule has 1 aromatic rings. The van der Waals surface area contributed by atoms with Gasteiger partial charge in [-0.2, -0.15) is 0 Å². The van der Waals surface area contributed by atoms with Gasteiger partial charge >= 0.3 is 6.09 Å². The van der Waals surface area contributed by atoms with Gasteiger partial charge in [0.1, 0.15) is 0 Å². The van der Waals surface area contributed by atoms with Crippen molar-refractivity contribution in [1.29, 1.82) is 0 Å². The molecule has 1 N–H and O–H groups in total. The predicted octanol–water partition coefficient (Wildman–Crippen LogP) is 3.56. The molecule has 3 heterocycles. The van der Waals surface area contributed by atoms with Crippen molar-refractivity contribution in [3.05, 3.63) is 35.4 Å². The molecule has 0 aromatic heterocycles. The topological polar surface area (TPSA) is 43.8 Å². The molecule has 2 bridgehead atoms. The highest BCUT2D eigenvalue weighted by molar-refractivity contribution is 5.67. The summed E-state index contributed by atoms with van der Waals surface area (Å²) < 4.78 is 0. The smallest absolute Gasteiger partial charge is 0.408 e. The zero-order chi connectivity index (χ0) is 16.6. The van der Waals surface area contributed by atoms with Gasteiger partial charge in [-0.05, 0) is 63.2 Å². The van der Waals surface area contributed by atoms with Crippen molar-refractivity contribution < 1.29 is 9.90 Å². The summed E-state index contributed by atoms with van der Waals surface area (Å²) in [4.78, 5) is 16.3. The quantitative estimate of drug-likeness (QED) is 0.923. The molecular weight excluding hydrogens is 288 g/mol. The molecule has 23 heavy (non-hydrogen) atoms. The van der Waals surface area contributed by atoms with Crippen LogP contribution in [0.4, 0.5) is 4.79 Å². The highest BCUT2D eigenvalue weighted by Gasteiger charge is 2.45. The highest BCUT2D eigenvalue weighted by atomic mass is 16.4. The molecule has 0 spiro atoms. The number of nitrogens with zero attached hydrogens (tertiary/aromatic N) is 2. The van der Waals surface area contributed by atoms with Gasteiger partial charge in [-0.25, -0.2) is 4.79 Å². The van der Waals surface area contributed by atoms with E-state index in [0.717, 1.165) is 44.5 Å². The van der Waals surface area contributed by atoms with Crippen LogP contribution in [0.2, 0.25) is 0 Å². The summed E-state index contributed by atoms with van der Waals surface area (Å²) in [6.07, 6.45) is 2.45. The fourth-order valence-electron chi connectivity index (χ4n) is 4.31. The predicted molar refractivity (Wildman–Crippen MR) is 91.7 cm³/mol. The molecule has 4 rings (SSSR count). The first-order valence-electron chi connectivity index (χ1n) is 8.77. The van der Waals surface area contributed by atoms with Crippen LogP contribution in [0, 0.1) is 5.92 Å². The second-order valence-corrected chi connectivity index (χ2v) is 7.47. The molecule has 3 aliphatic heterocycles. The van der Waals surface area contributed by atoms with Crippen molar-refractivity contribution in [2.24, 2.45) is 5.92 Å². The van der Waals surface area contributed by atoms with Crippen molar-refractivity contribution in [3.63, 3.8) is 0 Å². The average Bonchev–Trinajstić information content (AvgIpc) is 2.55. The second kappa shape index (κ2) is 6.16. The highest BCUT2D eigenvalue weighted by Crippen LogP contribution is 2.38. The first kappa shape index (κ1) is 16.3. The third-order valence-electron chi connectivity index (χ3n) is 5.83. The molecule has 3 aliphatic rings. The Bertz CT molecular complexity index is 559. The van der Waals surface area contributed by atoms with E-state index >= 15 is 0 Å². The van der Waals surface area contributed by atoms with E-state index in [0.29, 0.717) is 5.92 Å². The van der Waals surface area contributed by atoms with Crippen molar-refractivity contribution in [3.8, 4) is 0 Å². The molecule has 0 aliphatic carbocycles. The summed E-state index contributed by atoms with van der Waals surface area (Å²) in [5.74, 6) is 0.505. The van der Waals surface area contributed by atoms with Crippen LogP contribution in [0.3, 0.4) is 0 Å². The van der Waals surface area contributed by atoms with E-state index in [1.165, 1.54) is 5.56 Å². The summed E-state index contributed by atoms with van der Waals surface area (Å²) in [5.41, 5.74) is 1.85. The van der Waals surface area contributed by atoms with Crippen molar-refractivity contribution >= 4 is 6.09 Å². The minimum Gasteiger partial charge on any atom is -0.465 e. The van der Waals surface area contributed by atoms with E-state index in [9.17, 15) is 9.90 Å². The van der Waals surface area contributed by atoms with E-state index in [4.69, 9.17) is 0 Å². The number of fused-ring (bicyclic) bond motifs is 3. The monoisotopic (exact) mass is 316 g/mol. The van der Waals surface area contributed by atoms with Gasteiger partial charge in [0.05, 0.1) is 11.6 Å². The molecule has 126 valence electrons.